The molecule has 1 amide bonds. The molecule has 0 N–H and O–H groups in total. The topological polar surface area (TPSA) is 85.2 Å². The van der Waals surface area contributed by atoms with Crippen LogP contribution in [0.5, 0.6) is 0 Å². The van der Waals surface area contributed by atoms with E-state index in [9.17, 15) is 19.3 Å². The van der Waals surface area contributed by atoms with Gasteiger partial charge in [0.05, 0.1) is 19.6 Å². The zero-order valence-corrected chi connectivity index (χ0v) is 22.1. The minimum absolute atomic E-state index is 0.00542. The van der Waals surface area contributed by atoms with Crippen LogP contribution in [0.1, 0.15) is 61.8 Å². The average Bonchev–Trinajstić information content (AvgIpc) is 2.93. The Morgan fingerprint density at radius 3 is 2.32 bits per heavy atom. The third-order valence-corrected chi connectivity index (χ3v) is 7.52. The number of nitro groups is 1. The van der Waals surface area contributed by atoms with Crippen LogP contribution in [0.25, 0.3) is 0 Å². The summed E-state index contributed by atoms with van der Waals surface area (Å²) >= 11 is 0. The Morgan fingerprint density at radius 2 is 1.71 bits per heavy atom. The molecule has 2 aliphatic rings. The Labute approximate surface area is 223 Å². The molecule has 2 aromatic carbocycles. The molecule has 0 radical (unpaired) electrons. The van der Waals surface area contributed by atoms with Crippen molar-refractivity contribution in [2.75, 3.05) is 32.8 Å². The van der Waals surface area contributed by atoms with Crippen molar-refractivity contribution in [3.05, 3.63) is 81.2 Å². The minimum atomic E-state index is -0.740. The van der Waals surface area contributed by atoms with Gasteiger partial charge in [-0.05, 0) is 42.5 Å². The van der Waals surface area contributed by atoms with Gasteiger partial charge < -0.3 is 19.3 Å². The van der Waals surface area contributed by atoms with Gasteiger partial charge >= 0.3 is 0 Å². The molecule has 2 heterocycles. The average molecular weight is 528 g/mol. The van der Waals surface area contributed by atoms with Crippen LogP contribution < -0.4 is 0 Å². The molecular formula is C29H38FN3O5. The molecule has 0 aliphatic carbocycles. The summed E-state index contributed by atoms with van der Waals surface area (Å²) in [6.45, 7) is 6.40. The Kier molecular flexibility index (Phi) is 10.2. The van der Waals surface area contributed by atoms with E-state index in [1.54, 1.807) is 31.2 Å². The molecule has 38 heavy (non-hydrogen) atoms. The summed E-state index contributed by atoms with van der Waals surface area (Å²) in [5, 5.41) is 11.3. The predicted molar refractivity (Wildman–Crippen MR) is 142 cm³/mol. The molecule has 0 spiro atoms. The largest absolute Gasteiger partial charge is 0.353 e. The molecule has 8 nitrogen and oxygen atoms in total. The van der Waals surface area contributed by atoms with E-state index in [4.69, 9.17) is 9.47 Å². The highest BCUT2D eigenvalue weighted by atomic mass is 19.1. The second-order valence-electron chi connectivity index (χ2n) is 10.2. The molecule has 2 aliphatic heterocycles. The second kappa shape index (κ2) is 13.8. The van der Waals surface area contributed by atoms with E-state index >= 15 is 0 Å². The van der Waals surface area contributed by atoms with E-state index < -0.39 is 6.04 Å². The number of halogens is 1. The number of benzene rings is 2. The number of rotatable bonds is 11. The maximum Gasteiger partial charge on any atom is 0.237 e. The van der Waals surface area contributed by atoms with Crippen molar-refractivity contribution in [1.29, 1.82) is 0 Å². The van der Waals surface area contributed by atoms with Crippen molar-refractivity contribution in [3.8, 4) is 0 Å². The van der Waals surface area contributed by atoms with Crippen molar-refractivity contribution < 1.29 is 23.6 Å². The van der Waals surface area contributed by atoms with Crippen molar-refractivity contribution in [2.24, 2.45) is 0 Å². The molecule has 0 bridgehead atoms. The molecule has 9 heteroatoms. The molecule has 1 atom stereocenters. The van der Waals surface area contributed by atoms with Crippen LogP contribution in [0.4, 0.5) is 4.39 Å². The van der Waals surface area contributed by atoms with E-state index in [1.165, 1.54) is 12.1 Å². The Bertz CT molecular complexity index is 1040. The zero-order valence-electron chi connectivity index (χ0n) is 22.1. The summed E-state index contributed by atoms with van der Waals surface area (Å²) in [7, 11) is 0. The molecule has 2 fully saturated rings. The number of ether oxygens (including phenoxy) is 2. The molecule has 2 aromatic rings. The lowest BCUT2D eigenvalue weighted by Crippen LogP contribution is -2.48. The number of nitrogens with zero attached hydrogens (tertiary/aromatic N) is 3. The van der Waals surface area contributed by atoms with Gasteiger partial charge in [0.25, 0.3) is 0 Å². The second-order valence-corrected chi connectivity index (χ2v) is 10.2. The quantitative estimate of drug-likeness (QED) is 0.310. The fourth-order valence-electron chi connectivity index (χ4n) is 5.29. The molecule has 4 rings (SSSR count). The normalized spacial score (nSPS) is 18.3. The monoisotopic (exact) mass is 527 g/mol. The number of amides is 1. The highest BCUT2D eigenvalue weighted by Gasteiger charge is 2.29. The van der Waals surface area contributed by atoms with Gasteiger partial charge in [-0.3, -0.25) is 14.9 Å². The predicted octanol–water partition coefficient (Wildman–Crippen LogP) is 4.74. The van der Waals surface area contributed by atoms with Crippen LogP contribution in [-0.4, -0.2) is 65.8 Å². The summed E-state index contributed by atoms with van der Waals surface area (Å²) in [6.07, 6.45) is 4.01. The first-order chi connectivity index (χ1) is 18.4. The minimum Gasteiger partial charge on any atom is -0.353 e. The first-order valence-electron chi connectivity index (χ1n) is 13.6. The first kappa shape index (κ1) is 28.1. The van der Waals surface area contributed by atoms with Crippen molar-refractivity contribution in [2.45, 2.75) is 70.4 Å². The first-order valence-corrected chi connectivity index (χ1v) is 13.6. The van der Waals surface area contributed by atoms with E-state index in [0.717, 1.165) is 69.7 Å². The Morgan fingerprint density at radius 1 is 1.08 bits per heavy atom. The van der Waals surface area contributed by atoms with Crippen LogP contribution in [-0.2, 0) is 27.2 Å². The fraction of sp³-hybridized carbons (Fsp3) is 0.552. The molecule has 206 valence electrons. The summed E-state index contributed by atoms with van der Waals surface area (Å²) in [6, 6.07) is 12.8. The summed E-state index contributed by atoms with van der Waals surface area (Å²) < 4.78 is 24.8. The van der Waals surface area contributed by atoms with Gasteiger partial charge in [0.15, 0.2) is 6.29 Å². The van der Waals surface area contributed by atoms with E-state index in [1.807, 2.05) is 17.0 Å². The van der Waals surface area contributed by atoms with Crippen LogP contribution in [0.3, 0.4) is 0 Å². The van der Waals surface area contributed by atoms with Gasteiger partial charge in [-0.2, -0.15) is 0 Å². The lowest BCUT2D eigenvalue weighted by molar-refractivity contribution is -0.529. The van der Waals surface area contributed by atoms with Gasteiger partial charge in [-0.1, -0.05) is 43.3 Å². The highest BCUT2D eigenvalue weighted by Crippen LogP contribution is 2.24. The Hall–Kier alpha value is -2.88. The number of piperidine rings is 1. The summed E-state index contributed by atoms with van der Waals surface area (Å²) in [5.74, 6) is -0.295. The lowest BCUT2D eigenvalue weighted by atomic mass is 9.99. The number of hydrogen-bond donors (Lipinski definition) is 0. The number of carbonyl (C=O) groups excluding carboxylic acids is 1. The summed E-state index contributed by atoms with van der Waals surface area (Å²) in [4.78, 5) is 28.9. The van der Waals surface area contributed by atoms with Crippen LogP contribution in [0.15, 0.2) is 48.5 Å². The van der Waals surface area contributed by atoms with Crippen LogP contribution in [0, 0.1) is 15.9 Å². The van der Waals surface area contributed by atoms with E-state index in [0.29, 0.717) is 18.5 Å². The third kappa shape index (κ3) is 7.82. The Balaban J connectivity index is 1.39. The molecular weight excluding hydrogens is 489 g/mol. The fourth-order valence-corrected chi connectivity index (χ4v) is 5.29. The number of carbonyl (C=O) groups is 1. The number of likely N-dealkylation sites (tertiary alicyclic amines) is 1. The van der Waals surface area contributed by atoms with E-state index in [-0.39, 0.29) is 35.4 Å². The lowest BCUT2D eigenvalue weighted by Gasteiger charge is -2.39. The standard InChI is InChI=1S/C29H38FN3O5/c1-2-27(33(35)36)24-8-4-22(5-9-24)20-28(34)32(21-23-6-10-25(30)11-7-23)26-12-15-31(16-13-26)17-14-29-37-18-3-19-38-29/h4-11,26-27,29H,2-3,12-21H2,1H3. The number of hydrogen-bond acceptors (Lipinski definition) is 6. The van der Waals surface area contributed by atoms with Crippen LogP contribution >= 0.6 is 0 Å². The zero-order chi connectivity index (χ0) is 26.9. The van der Waals surface area contributed by atoms with Crippen molar-refractivity contribution >= 4 is 5.91 Å². The smallest absolute Gasteiger partial charge is 0.237 e. The maximum atomic E-state index is 13.6. The van der Waals surface area contributed by atoms with Crippen LogP contribution in [0.2, 0.25) is 0 Å². The summed E-state index contributed by atoms with van der Waals surface area (Å²) in [5.41, 5.74) is 2.36. The van der Waals surface area contributed by atoms with Gasteiger partial charge in [0, 0.05) is 55.5 Å². The molecule has 0 saturated carbocycles. The molecule has 2 saturated heterocycles. The van der Waals surface area contributed by atoms with Crippen molar-refractivity contribution in [3.63, 3.8) is 0 Å². The van der Waals surface area contributed by atoms with Gasteiger partial charge in [-0.15, -0.1) is 0 Å². The van der Waals surface area contributed by atoms with E-state index in [2.05, 4.69) is 4.90 Å². The molecule has 1 unspecified atom stereocenters. The van der Waals surface area contributed by atoms with Crippen molar-refractivity contribution in [1.82, 2.24) is 9.80 Å². The highest BCUT2D eigenvalue weighted by molar-refractivity contribution is 5.79. The van der Waals surface area contributed by atoms with Gasteiger partial charge in [0.1, 0.15) is 5.82 Å². The van der Waals surface area contributed by atoms with Gasteiger partial charge in [-0.25, -0.2) is 4.39 Å². The van der Waals surface area contributed by atoms with Gasteiger partial charge in [0.2, 0.25) is 11.9 Å². The third-order valence-electron chi connectivity index (χ3n) is 7.52. The maximum absolute atomic E-state index is 13.6. The SMILES string of the molecule is CCC(c1ccc(CC(=O)N(Cc2ccc(F)cc2)C2CCN(CCC3OCCCO3)CC2)cc1)[N+](=O)[O-]. The molecule has 0 aromatic heterocycles.